The molecule has 0 atom stereocenters. The van der Waals surface area contributed by atoms with Gasteiger partial charge in [0.25, 0.3) is 5.91 Å². The number of benzene rings is 1. The smallest absolute Gasteiger partial charge is 0.433 e. The Bertz CT molecular complexity index is 1150. The first-order chi connectivity index (χ1) is 14.6. The fourth-order valence-electron chi connectivity index (χ4n) is 3.64. The van der Waals surface area contributed by atoms with E-state index >= 15 is 0 Å². The zero-order chi connectivity index (χ0) is 22.3. The molecule has 3 heterocycles. The molecule has 1 N–H and O–H groups in total. The molecule has 10 heteroatoms. The van der Waals surface area contributed by atoms with Crippen LogP contribution < -0.4 is 0 Å². The van der Waals surface area contributed by atoms with Crippen molar-refractivity contribution in [3.05, 3.63) is 53.3 Å². The van der Waals surface area contributed by atoms with Crippen molar-refractivity contribution in [1.82, 2.24) is 19.5 Å². The number of alkyl halides is 3. The highest BCUT2D eigenvalue weighted by molar-refractivity contribution is 5.93. The zero-order valence-corrected chi connectivity index (χ0v) is 16.6. The van der Waals surface area contributed by atoms with E-state index in [9.17, 15) is 22.8 Å². The van der Waals surface area contributed by atoms with Gasteiger partial charge in [-0.1, -0.05) is 29.8 Å². The molecule has 2 aromatic heterocycles. The third-order valence-electron chi connectivity index (χ3n) is 5.42. The fourth-order valence-corrected chi connectivity index (χ4v) is 3.64. The van der Waals surface area contributed by atoms with E-state index in [1.54, 1.807) is 24.3 Å². The zero-order valence-electron chi connectivity index (χ0n) is 16.6. The number of carbonyl (C=O) groups excluding carboxylic acids is 1. The largest absolute Gasteiger partial charge is 0.481 e. The molecule has 0 aliphatic carbocycles. The number of aromatic nitrogens is 3. The van der Waals surface area contributed by atoms with Crippen molar-refractivity contribution in [3.63, 3.8) is 0 Å². The number of rotatable bonds is 3. The summed E-state index contributed by atoms with van der Waals surface area (Å²) < 4.78 is 41.8. The van der Waals surface area contributed by atoms with Crippen molar-refractivity contribution in [1.29, 1.82) is 0 Å². The highest BCUT2D eigenvalue weighted by Gasteiger charge is 2.36. The Morgan fingerprint density at radius 3 is 2.32 bits per heavy atom. The minimum atomic E-state index is -4.70. The van der Waals surface area contributed by atoms with Gasteiger partial charge in [-0.3, -0.25) is 9.59 Å². The lowest BCUT2D eigenvalue weighted by Gasteiger charge is -2.29. The highest BCUT2D eigenvalue weighted by atomic mass is 19.4. The van der Waals surface area contributed by atoms with Crippen molar-refractivity contribution in [2.24, 2.45) is 5.92 Å². The number of carboxylic acid groups (broad SMARTS) is 1. The molecule has 0 spiro atoms. The summed E-state index contributed by atoms with van der Waals surface area (Å²) in [6.07, 6.45) is -4.12. The number of aryl methyl sites for hydroxylation is 1. The van der Waals surface area contributed by atoms with Gasteiger partial charge >= 0.3 is 12.1 Å². The van der Waals surface area contributed by atoms with Gasteiger partial charge in [0.2, 0.25) is 0 Å². The van der Waals surface area contributed by atoms with Crippen molar-refractivity contribution >= 4 is 17.5 Å². The minimum Gasteiger partial charge on any atom is -0.481 e. The Labute approximate surface area is 175 Å². The molecular formula is C21H19F3N4O3. The van der Waals surface area contributed by atoms with Gasteiger partial charge in [-0.2, -0.15) is 18.3 Å². The number of nitrogens with zero attached hydrogens (tertiary/aromatic N) is 4. The molecule has 3 aromatic rings. The van der Waals surface area contributed by atoms with E-state index in [4.69, 9.17) is 5.11 Å². The second kappa shape index (κ2) is 7.68. The van der Waals surface area contributed by atoms with Crippen LogP contribution in [0.25, 0.3) is 16.9 Å². The number of aliphatic carboxylic acids is 1. The normalized spacial score (nSPS) is 15.4. The van der Waals surface area contributed by atoms with Gasteiger partial charge in [-0.05, 0) is 25.8 Å². The van der Waals surface area contributed by atoms with E-state index in [1.807, 2.05) is 6.92 Å². The maximum Gasteiger partial charge on any atom is 0.433 e. The van der Waals surface area contributed by atoms with E-state index in [0.29, 0.717) is 10.1 Å². The molecule has 1 amide bonds. The van der Waals surface area contributed by atoms with Crippen LogP contribution >= 0.6 is 0 Å². The Balaban J connectivity index is 1.71. The SMILES string of the molecule is Cc1ccc(-c2cc(C(F)(F)F)n3nc(C(=O)N4CCC(C(=O)O)CC4)cc3n2)cc1. The second-order valence-electron chi connectivity index (χ2n) is 7.59. The summed E-state index contributed by atoms with van der Waals surface area (Å²) in [4.78, 5) is 29.6. The van der Waals surface area contributed by atoms with Gasteiger partial charge in [0.1, 0.15) is 0 Å². The number of fused-ring (bicyclic) bond motifs is 1. The minimum absolute atomic E-state index is 0.0887. The summed E-state index contributed by atoms with van der Waals surface area (Å²) in [6.45, 7) is 2.28. The molecular weight excluding hydrogens is 413 g/mol. The molecule has 0 radical (unpaired) electrons. The van der Waals surface area contributed by atoms with Crippen LogP contribution in [0.1, 0.15) is 34.6 Å². The average molecular weight is 432 g/mol. The fraction of sp³-hybridized carbons (Fsp3) is 0.333. The van der Waals surface area contributed by atoms with Crippen molar-refractivity contribution < 1.29 is 27.9 Å². The van der Waals surface area contributed by atoms with Crippen LogP contribution in [0.3, 0.4) is 0 Å². The van der Waals surface area contributed by atoms with Crippen LogP contribution in [-0.4, -0.2) is 49.6 Å². The molecule has 0 bridgehead atoms. The third kappa shape index (κ3) is 4.10. The van der Waals surface area contributed by atoms with Crippen molar-refractivity contribution in [3.8, 4) is 11.3 Å². The number of likely N-dealkylation sites (tertiary alicyclic amines) is 1. The maximum atomic E-state index is 13.7. The van der Waals surface area contributed by atoms with E-state index in [-0.39, 0.29) is 43.0 Å². The molecule has 0 unspecified atom stereocenters. The molecule has 1 fully saturated rings. The standard InChI is InChI=1S/C21H19F3N4O3/c1-12-2-4-13(5-3-12)15-10-17(21(22,23)24)28-18(25-15)11-16(26-28)19(29)27-8-6-14(7-9-27)20(30)31/h2-5,10-11,14H,6-9H2,1H3,(H,30,31). The molecule has 4 rings (SSSR count). The number of piperidine rings is 1. The Morgan fingerprint density at radius 1 is 1.10 bits per heavy atom. The summed E-state index contributed by atoms with van der Waals surface area (Å²) in [6, 6.07) is 9.07. The van der Waals surface area contributed by atoms with E-state index in [1.165, 1.54) is 11.0 Å². The number of amides is 1. The van der Waals surface area contributed by atoms with Gasteiger partial charge in [0.05, 0.1) is 11.6 Å². The van der Waals surface area contributed by atoms with Crippen LogP contribution in [0.15, 0.2) is 36.4 Å². The Hall–Kier alpha value is -3.43. The van der Waals surface area contributed by atoms with Crippen LogP contribution in [0.2, 0.25) is 0 Å². The monoisotopic (exact) mass is 432 g/mol. The first-order valence-corrected chi connectivity index (χ1v) is 9.70. The molecule has 1 aliphatic rings. The van der Waals surface area contributed by atoms with E-state index in [0.717, 1.165) is 11.6 Å². The van der Waals surface area contributed by atoms with E-state index in [2.05, 4.69) is 10.1 Å². The highest BCUT2D eigenvalue weighted by Crippen LogP contribution is 2.32. The summed E-state index contributed by atoms with van der Waals surface area (Å²) >= 11 is 0. The maximum absolute atomic E-state index is 13.7. The second-order valence-corrected chi connectivity index (χ2v) is 7.59. The lowest BCUT2D eigenvalue weighted by molar-refractivity contribution is -0.143. The number of hydrogen-bond donors (Lipinski definition) is 1. The van der Waals surface area contributed by atoms with Crippen molar-refractivity contribution in [2.75, 3.05) is 13.1 Å². The van der Waals surface area contributed by atoms with Gasteiger partial charge in [-0.25, -0.2) is 9.50 Å². The summed E-state index contributed by atoms with van der Waals surface area (Å²) in [5, 5.41) is 13.0. The van der Waals surface area contributed by atoms with Crippen LogP contribution in [0, 0.1) is 12.8 Å². The number of halogens is 3. The molecule has 31 heavy (non-hydrogen) atoms. The first kappa shape index (κ1) is 20.8. The average Bonchev–Trinajstić information content (AvgIpc) is 3.16. The number of carboxylic acids is 1. The number of hydrogen-bond acceptors (Lipinski definition) is 4. The van der Waals surface area contributed by atoms with Gasteiger partial charge in [0, 0.05) is 24.7 Å². The van der Waals surface area contributed by atoms with Gasteiger partial charge in [0.15, 0.2) is 17.0 Å². The van der Waals surface area contributed by atoms with Crippen LogP contribution in [0.4, 0.5) is 13.2 Å². The lowest BCUT2D eigenvalue weighted by atomic mass is 9.97. The molecule has 0 saturated carbocycles. The molecule has 7 nitrogen and oxygen atoms in total. The molecule has 162 valence electrons. The summed E-state index contributed by atoms with van der Waals surface area (Å²) in [7, 11) is 0. The van der Waals surface area contributed by atoms with Gasteiger partial charge in [-0.15, -0.1) is 0 Å². The third-order valence-corrected chi connectivity index (χ3v) is 5.42. The topological polar surface area (TPSA) is 87.8 Å². The summed E-state index contributed by atoms with van der Waals surface area (Å²) in [5.41, 5.74) is 0.327. The van der Waals surface area contributed by atoms with E-state index < -0.39 is 29.7 Å². The van der Waals surface area contributed by atoms with Crippen molar-refractivity contribution in [2.45, 2.75) is 25.9 Å². The first-order valence-electron chi connectivity index (χ1n) is 9.70. The molecule has 1 saturated heterocycles. The van der Waals surface area contributed by atoms with Crippen LogP contribution in [0.5, 0.6) is 0 Å². The summed E-state index contributed by atoms with van der Waals surface area (Å²) in [5.74, 6) is -1.98. The van der Waals surface area contributed by atoms with Gasteiger partial charge < -0.3 is 10.0 Å². The number of carbonyl (C=O) groups is 2. The van der Waals surface area contributed by atoms with Crippen LogP contribution in [-0.2, 0) is 11.0 Å². The molecule has 1 aromatic carbocycles. The predicted molar refractivity (Wildman–Crippen MR) is 104 cm³/mol. The Kier molecular flexibility index (Phi) is 5.16. The lowest BCUT2D eigenvalue weighted by Crippen LogP contribution is -2.40. The quantitative estimate of drug-likeness (QED) is 0.683. The molecule has 1 aliphatic heterocycles. The Morgan fingerprint density at radius 2 is 1.74 bits per heavy atom. The predicted octanol–water partition coefficient (Wildman–Crippen LogP) is 3.66.